The van der Waals surface area contributed by atoms with Gasteiger partial charge in [-0.2, -0.15) is 0 Å². The third kappa shape index (κ3) is 1.35. The molecule has 3 heteroatoms. The van der Waals surface area contributed by atoms with Gasteiger partial charge in [0.1, 0.15) is 5.82 Å². The van der Waals surface area contributed by atoms with Crippen LogP contribution >= 0.6 is 11.3 Å². The molecular weight excluding hydrogens is 187 g/mol. The molecule has 0 amide bonds. The maximum Gasteiger partial charge on any atom is 0.160 e. The molecule has 1 aromatic heterocycles. The van der Waals surface area contributed by atoms with Crippen molar-refractivity contribution >= 4 is 27.7 Å². The third-order valence-corrected chi connectivity index (χ3v) is 2.96. The van der Waals surface area contributed by atoms with E-state index in [9.17, 15) is 9.18 Å². The standard InChI is InChI=1S/C10H7FOS/c1-6-2-10-7(4-9(6)11)3-8(5-12)13-10/h2-5H,1H3. The molecule has 13 heavy (non-hydrogen) atoms. The summed E-state index contributed by atoms with van der Waals surface area (Å²) in [5, 5.41) is 0.801. The molecule has 0 N–H and O–H groups in total. The summed E-state index contributed by atoms with van der Waals surface area (Å²) < 4.78 is 14.0. The molecule has 2 aromatic rings. The largest absolute Gasteiger partial charge is 0.297 e. The Morgan fingerprint density at radius 2 is 2.15 bits per heavy atom. The van der Waals surface area contributed by atoms with Crippen molar-refractivity contribution in [3.05, 3.63) is 34.5 Å². The molecule has 0 aliphatic heterocycles. The Balaban J connectivity index is 2.77. The maximum atomic E-state index is 13.1. The van der Waals surface area contributed by atoms with E-state index in [4.69, 9.17) is 0 Å². The number of hydrogen-bond acceptors (Lipinski definition) is 2. The Labute approximate surface area is 78.8 Å². The van der Waals surface area contributed by atoms with E-state index in [0.717, 1.165) is 16.4 Å². The van der Waals surface area contributed by atoms with E-state index in [2.05, 4.69) is 0 Å². The topological polar surface area (TPSA) is 17.1 Å². The van der Waals surface area contributed by atoms with Crippen molar-refractivity contribution in [3.8, 4) is 0 Å². The van der Waals surface area contributed by atoms with Crippen molar-refractivity contribution < 1.29 is 9.18 Å². The van der Waals surface area contributed by atoms with Crippen molar-refractivity contribution in [3.63, 3.8) is 0 Å². The van der Waals surface area contributed by atoms with Crippen LogP contribution in [0, 0.1) is 12.7 Å². The maximum absolute atomic E-state index is 13.1. The first-order chi connectivity index (χ1) is 6.20. The molecule has 1 nitrogen and oxygen atoms in total. The monoisotopic (exact) mass is 194 g/mol. The predicted octanol–water partition coefficient (Wildman–Crippen LogP) is 3.16. The van der Waals surface area contributed by atoms with Gasteiger partial charge in [-0.25, -0.2) is 4.39 Å². The highest BCUT2D eigenvalue weighted by molar-refractivity contribution is 7.20. The fourth-order valence-electron chi connectivity index (χ4n) is 1.24. The highest BCUT2D eigenvalue weighted by Crippen LogP contribution is 2.26. The Bertz CT molecular complexity index is 434. The molecule has 2 rings (SSSR count). The first-order valence-corrected chi connectivity index (χ1v) is 4.67. The number of aryl methyl sites for hydroxylation is 1. The molecule has 0 aliphatic rings. The van der Waals surface area contributed by atoms with Crippen LogP contribution in [0.4, 0.5) is 4.39 Å². The van der Waals surface area contributed by atoms with Gasteiger partial charge in [-0.05, 0) is 36.1 Å². The molecular formula is C10H7FOS. The number of carbonyl (C=O) groups excluding carboxylic acids is 1. The number of halogens is 1. The minimum absolute atomic E-state index is 0.220. The number of fused-ring (bicyclic) bond motifs is 1. The summed E-state index contributed by atoms with van der Waals surface area (Å²) in [5.74, 6) is -0.220. The average molecular weight is 194 g/mol. The number of hydrogen-bond donors (Lipinski definition) is 0. The van der Waals surface area contributed by atoms with Crippen molar-refractivity contribution in [2.24, 2.45) is 0 Å². The molecule has 0 atom stereocenters. The van der Waals surface area contributed by atoms with Gasteiger partial charge in [0.05, 0.1) is 4.88 Å². The molecule has 1 heterocycles. The van der Waals surface area contributed by atoms with Gasteiger partial charge in [-0.1, -0.05) is 0 Å². The zero-order chi connectivity index (χ0) is 9.42. The molecule has 0 aliphatic carbocycles. The predicted molar refractivity (Wildman–Crippen MR) is 51.9 cm³/mol. The lowest BCUT2D eigenvalue weighted by molar-refractivity contribution is 0.112. The van der Waals surface area contributed by atoms with Crippen molar-refractivity contribution in [1.29, 1.82) is 0 Å². The lowest BCUT2D eigenvalue weighted by Gasteiger charge is -1.94. The highest BCUT2D eigenvalue weighted by atomic mass is 32.1. The van der Waals surface area contributed by atoms with Gasteiger partial charge in [0.15, 0.2) is 6.29 Å². The van der Waals surface area contributed by atoms with Gasteiger partial charge in [0.25, 0.3) is 0 Å². The van der Waals surface area contributed by atoms with Crippen molar-refractivity contribution in [2.45, 2.75) is 6.92 Å². The summed E-state index contributed by atoms with van der Waals surface area (Å²) in [7, 11) is 0. The second kappa shape index (κ2) is 2.92. The second-order valence-electron chi connectivity index (χ2n) is 2.91. The SMILES string of the molecule is Cc1cc2sc(C=O)cc2cc1F. The van der Waals surface area contributed by atoms with Gasteiger partial charge in [0, 0.05) is 4.70 Å². The summed E-state index contributed by atoms with van der Waals surface area (Å²) in [6.45, 7) is 1.72. The Morgan fingerprint density at radius 1 is 1.38 bits per heavy atom. The summed E-state index contributed by atoms with van der Waals surface area (Å²) in [6, 6.07) is 4.94. The van der Waals surface area contributed by atoms with Crippen LogP contribution in [0.5, 0.6) is 0 Å². The number of thiophene rings is 1. The summed E-state index contributed by atoms with van der Waals surface area (Å²) in [4.78, 5) is 11.1. The van der Waals surface area contributed by atoms with Crippen molar-refractivity contribution in [2.75, 3.05) is 0 Å². The number of carbonyl (C=O) groups is 1. The highest BCUT2D eigenvalue weighted by Gasteiger charge is 2.04. The normalized spacial score (nSPS) is 10.6. The van der Waals surface area contributed by atoms with E-state index < -0.39 is 0 Å². The number of benzene rings is 1. The minimum Gasteiger partial charge on any atom is -0.297 e. The molecule has 66 valence electrons. The first kappa shape index (κ1) is 8.38. The Morgan fingerprint density at radius 3 is 2.85 bits per heavy atom. The van der Waals surface area contributed by atoms with Crippen LogP contribution in [-0.4, -0.2) is 6.29 Å². The Hall–Kier alpha value is -1.22. The van der Waals surface area contributed by atoms with E-state index in [0.29, 0.717) is 10.4 Å². The van der Waals surface area contributed by atoms with Crippen LogP contribution in [0.1, 0.15) is 15.2 Å². The van der Waals surface area contributed by atoms with E-state index in [1.54, 1.807) is 19.1 Å². The fourth-order valence-corrected chi connectivity index (χ4v) is 2.20. The van der Waals surface area contributed by atoms with E-state index in [1.165, 1.54) is 17.4 Å². The summed E-state index contributed by atoms with van der Waals surface area (Å²) >= 11 is 1.39. The number of aldehydes is 1. The molecule has 0 spiro atoms. The molecule has 0 saturated heterocycles. The molecule has 0 bridgehead atoms. The van der Waals surface area contributed by atoms with Gasteiger partial charge in [-0.15, -0.1) is 11.3 Å². The smallest absolute Gasteiger partial charge is 0.160 e. The second-order valence-corrected chi connectivity index (χ2v) is 4.02. The van der Waals surface area contributed by atoms with Gasteiger partial charge in [-0.3, -0.25) is 4.79 Å². The van der Waals surface area contributed by atoms with Crippen LogP contribution in [0.25, 0.3) is 10.1 Å². The summed E-state index contributed by atoms with van der Waals surface area (Å²) in [6.07, 6.45) is 0.790. The molecule has 1 aromatic carbocycles. The zero-order valence-electron chi connectivity index (χ0n) is 7.00. The zero-order valence-corrected chi connectivity index (χ0v) is 7.82. The van der Waals surface area contributed by atoms with Crippen LogP contribution in [-0.2, 0) is 0 Å². The van der Waals surface area contributed by atoms with E-state index >= 15 is 0 Å². The average Bonchev–Trinajstić information content (AvgIpc) is 2.48. The molecule has 0 radical (unpaired) electrons. The quantitative estimate of drug-likeness (QED) is 0.637. The van der Waals surface area contributed by atoms with Crippen LogP contribution in [0.15, 0.2) is 18.2 Å². The van der Waals surface area contributed by atoms with Crippen molar-refractivity contribution in [1.82, 2.24) is 0 Å². The van der Waals surface area contributed by atoms with Crippen LogP contribution in [0.2, 0.25) is 0 Å². The lowest BCUT2D eigenvalue weighted by Crippen LogP contribution is -1.78. The third-order valence-electron chi connectivity index (χ3n) is 1.93. The van der Waals surface area contributed by atoms with Gasteiger partial charge < -0.3 is 0 Å². The first-order valence-electron chi connectivity index (χ1n) is 3.85. The number of rotatable bonds is 1. The summed E-state index contributed by atoms with van der Waals surface area (Å²) in [5.41, 5.74) is 0.617. The lowest BCUT2D eigenvalue weighted by atomic mass is 10.2. The van der Waals surface area contributed by atoms with Gasteiger partial charge >= 0.3 is 0 Å². The molecule has 0 unspecified atom stereocenters. The fraction of sp³-hybridized carbons (Fsp3) is 0.100. The molecule has 0 saturated carbocycles. The minimum atomic E-state index is -0.220. The van der Waals surface area contributed by atoms with E-state index in [-0.39, 0.29) is 5.82 Å². The molecule has 0 fully saturated rings. The van der Waals surface area contributed by atoms with Gasteiger partial charge in [0.2, 0.25) is 0 Å². The van der Waals surface area contributed by atoms with E-state index in [1.807, 2.05) is 0 Å². The van der Waals surface area contributed by atoms with Crippen LogP contribution < -0.4 is 0 Å². The van der Waals surface area contributed by atoms with Crippen LogP contribution in [0.3, 0.4) is 0 Å². The Kier molecular flexibility index (Phi) is 1.88.